The number of hydrogen-bond donors (Lipinski definition) is 2. The molecule has 0 aliphatic heterocycles. The predicted octanol–water partition coefficient (Wildman–Crippen LogP) is 2.71. The minimum Gasteiger partial charge on any atom is -0.317 e. The van der Waals surface area contributed by atoms with Crippen LogP contribution < -0.4 is 10.6 Å². The minimum atomic E-state index is 0.842. The highest BCUT2D eigenvalue weighted by molar-refractivity contribution is 5.84. The van der Waals surface area contributed by atoms with Gasteiger partial charge in [-0.2, -0.15) is 0 Å². The highest BCUT2D eigenvalue weighted by atomic mass is 14.9. The number of hydrogen-bond acceptors (Lipinski definition) is 3. The van der Waals surface area contributed by atoms with Crippen molar-refractivity contribution in [3.8, 4) is 0 Å². The summed E-state index contributed by atoms with van der Waals surface area (Å²) in [5, 5.41) is 9.39. The summed E-state index contributed by atoms with van der Waals surface area (Å²) in [5.74, 6) is 0. The van der Waals surface area contributed by atoms with E-state index in [-0.39, 0.29) is 0 Å². The monoisotopic (exact) mass is 257 g/mol. The molecule has 0 radical (unpaired) electrons. The van der Waals surface area contributed by atoms with Gasteiger partial charge in [-0.1, -0.05) is 31.2 Å². The van der Waals surface area contributed by atoms with Crippen LogP contribution in [0.25, 0.3) is 10.8 Å². The summed E-state index contributed by atoms with van der Waals surface area (Å²) in [6.45, 7) is 6.27. The number of fused-ring (bicyclic) bond motifs is 1. The van der Waals surface area contributed by atoms with Gasteiger partial charge in [0, 0.05) is 18.1 Å². The first-order chi connectivity index (χ1) is 9.42. The van der Waals surface area contributed by atoms with Crippen LogP contribution in [0, 0.1) is 0 Å². The van der Waals surface area contributed by atoms with Gasteiger partial charge in [0.25, 0.3) is 0 Å². The van der Waals surface area contributed by atoms with Gasteiger partial charge in [-0.3, -0.25) is 4.98 Å². The molecule has 0 atom stereocenters. The smallest absolute Gasteiger partial charge is 0.0619 e. The molecule has 2 aromatic rings. The first-order valence-corrected chi connectivity index (χ1v) is 7.16. The standard InChI is InChI=1S/C16H23N3/c1-2-9-17-10-5-11-18-13-16-15-7-4-3-6-14(15)8-12-19-16/h3-4,6-8,12,17-18H,2,5,9-11,13H2,1H3. The molecule has 0 bridgehead atoms. The third-order valence-electron chi connectivity index (χ3n) is 3.18. The molecule has 0 fully saturated rings. The average Bonchev–Trinajstić information content (AvgIpc) is 2.46. The molecule has 0 unspecified atom stereocenters. The molecule has 0 amide bonds. The fourth-order valence-corrected chi connectivity index (χ4v) is 2.17. The summed E-state index contributed by atoms with van der Waals surface area (Å²) < 4.78 is 0. The van der Waals surface area contributed by atoms with Crippen LogP contribution in [-0.4, -0.2) is 24.6 Å². The summed E-state index contributed by atoms with van der Waals surface area (Å²) in [6.07, 6.45) is 4.25. The number of nitrogens with zero attached hydrogens (tertiary/aromatic N) is 1. The molecule has 2 rings (SSSR count). The van der Waals surface area contributed by atoms with Gasteiger partial charge in [-0.15, -0.1) is 0 Å². The number of aromatic nitrogens is 1. The number of benzene rings is 1. The van der Waals surface area contributed by atoms with Crippen molar-refractivity contribution in [2.75, 3.05) is 19.6 Å². The van der Waals surface area contributed by atoms with Crippen LogP contribution in [0.2, 0.25) is 0 Å². The summed E-state index contributed by atoms with van der Waals surface area (Å²) in [7, 11) is 0. The zero-order valence-electron chi connectivity index (χ0n) is 11.7. The van der Waals surface area contributed by atoms with Gasteiger partial charge in [0.2, 0.25) is 0 Å². The van der Waals surface area contributed by atoms with Gasteiger partial charge >= 0.3 is 0 Å². The van der Waals surface area contributed by atoms with Crippen molar-refractivity contribution in [2.45, 2.75) is 26.3 Å². The Labute approximate surface area is 115 Å². The largest absolute Gasteiger partial charge is 0.317 e. The minimum absolute atomic E-state index is 0.842. The molecule has 2 N–H and O–H groups in total. The van der Waals surface area contributed by atoms with Crippen LogP contribution in [-0.2, 0) is 6.54 Å². The molecule has 0 spiro atoms. The van der Waals surface area contributed by atoms with Crippen molar-refractivity contribution in [2.24, 2.45) is 0 Å². The number of pyridine rings is 1. The molecular formula is C16H23N3. The van der Waals surface area contributed by atoms with Crippen molar-refractivity contribution >= 4 is 10.8 Å². The molecule has 102 valence electrons. The van der Waals surface area contributed by atoms with E-state index in [2.05, 4.69) is 52.9 Å². The lowest BCUT2D eigenvalue weighted by Gasteiger charge is -2.07. The Balaban J connectivity index is 1.78. The molecule has 0 aliphatic carbocycles. The number of nitrogens with one attached hydrogen (secondary N) is 2. The normalized spacial score (nSPS) is 11.0. The first kappa shape index (κ1) is 14.0. The Hall–Kier alpha value is -1.45. The summed E-state index contributed by atoms with van der Waals surface area (Å²) in [5.41, 5.74) is 1.14. The molecule has 1 heterocycles. The van der Waals surface area contributed by atoms with Gasteiger partial charge in [0.1, 0.15) is 0 Å². The Bertz CT molecular complexity index is 491. The summed E-state index contributed by atoms with van der Waals surface area (Å²) in [4.78, 5) is 4.48. The Morgan fingerprint density at radius 3 is 2.74 bits per heavy atom. The van der Waals surface area contributed by atoms with E-state index in [9.17, 15) is 0 Å². The first-order valence-electron chi connectivity index (χ1n) is 7.16. The third kappa shape index (κ3) is 4.30. The van der Waals surface area contributed by atoms with Crippen molar-refractivity contribution in [1.29, 1.82) is 0 Å². The highest BCUT2D eigenvalue weighted by Gasteiger charge is 2.00. The lowest BCUT2D eigenvalue weighted by atomic mass is 10.1. The third-order valence-corrected chi connectivity index (χ3v) is 3.18. The van der Waals surface area contributed by atoms with Gasteiger partial charge in [0.15, 0.2) is 0 Å². The quantitative estimate of drug-likeness (QED) is 0.714. The van der Waals surface area contributed by atoms with Crippen LogP contribution in [0.4, 0.5) is 0 Å². The molecule has 0 saturated heterocycles. The van der Waals surface area contributed by atoms with Crippen molar-refractivity contribution in [3.63, 3.8) is 0 Å². The highest BCUT2D eigenvalue weighted by Crippen LogP contribution is 2.15. The van der Waals surface area contributed by atoms with E-state index in [1.807, 2.05) is 6.20 Å². The SMILES string of the molecule is CCCNCCCNCc1nccc2ccccc12. The predicted molar refractivity (Wildman–Crippen MR) is 81.2 cm³/mol. The molecule has 0 saturated carbocycles. The van der Waals surface area contributed by atoms with E-state index in [0.717, 1.165) is 38.3 Å². The van der Waals surface area contributed by atoms with Crippen LogP contribution in [0.5, 0.6) is 0 Å². The average molecular weight is 257 g/mol. The maximum atomic E-state index is 4.48. The van der Waals surface area contributed by atoms with Crippen molar-refractivity contribution in [3.05, 3.63) is 42.2 Å². The van der Waals surface area contributed by atoms with Crippen LogP contribution in [0.15, 0.2) is 36.5 Å². The van der Waals surface area contributed by atoms with E-state index in [0.29, 0.717) is 0 Å². The Morgan fingerprint density at radius 1 is 1.00 bits per heavy atom. The lowest BCUT2D eigenvalue weighted by Crippen LogP contribution is -2.22. The molecule has 1 aromatic carbocycles. The fraction of sp³-hybridized carbons (Fsp3) is 0.438. The van der Waals surface area contributed by atoms with E-state index in [1.54, 1.807) is 0 Å². The second-order valence-corrected chi connectivity index (χ2v) is 4.76. The maximum Gasteiger partial charge on any atom is 0.0619 e. The second kappa shape index (κ2) is 7.87. The van der Waals surface area contributed by atoms with E-state index >= 15 is 0 Å². The molecule has 3 heteroatoms. The van der Waals surface area contributed by atoms with E-state index < -0.39 is 0 Å². The van der Waals surface area contributed by atoms with Crippen molar-refractivity contribution in [1.82, 2.24) is 15.6 Å². The van der Waals surface area contributed by atoms with E-state index in [1.165, 1.54) is 17.2 Å². The van der Waals surface area contributed by atoms with E-state index in [4.69, 9.17) is 0 Å². The van der Waals surface area contributed by atoms with Gasteiger partial charge < -0.3 is 10.6 Å². The fourth-order valence-electron chi connectivity index (χ4n) is 2.17. The maximum absolute atomic E-state index is 4.48. The van der Waals surface area contributed by atoms with Gasteiger partial charge in [0.05, 0.1) is 5.69 Å². The molecule has 19 heavy (non-hydrogen) atoms. The van der Waals surface area contributed by atoms with Crippen LogP contribution in [0.3, 0.4) is 0 Å². The summed E-state index contributed by atoms with van der Waals surface area (Å²) in [6, 6.07) is 10.5. The molecule has 0 aliphatic rings. The summed E-state index contributed by atoms with van der Waals surface area (Å²) >= 11 is 0. The lowest BCUT2D eigenvalue weighted by molar-refractivity contribution is 0.590. The topological polar surface area (TPSA) is 37.0 Å². The van der Waals surface area contributed by atoms with Crippen molar-refractivity contribution < 1.29 is 0 Å². The zero-order valence-corrected chi connectivity index (χ0v) is 11.7. The van der Waals surface area contributed by atoms with Crippen LogP contribution in [0.1, 0.15) is 25.5 Å². The van der Waals surface area contributed by atoms with Gasteiger partial charge in [-0.05, 0) is 43.9 Å². The molecule has 3 nitrogen and oxygen atoms in total. The van der Waals surface area contributed by atoms with Crippen LogP contribution >= 0.6 is 0 Å². The van der Waals surface area contributed by atoms with Gasteiger partial charge in [-0.25, -0.2) is 0 Å². The Kier molecular flexibility index (Phi) is 5.79. The molecular weight excluding hydrogens is 234 g/mol. The zero-order chi connectivity index (χ0) is 13.3. The Morgan fingerprint density at radius 2 is 1.84 bits per heavy atom. The molecule has 1 aromatic heterocycles. The second-order valence-electron chi connectivity index (χ2n) is 4.76. The number of rotatable bonds is 8.